The summed E-state index contributed by atoms with van der Waals surface area (Å²) in [5, 5.41) is 61.9. The summed E-state index contributed by atoms with van der Waals surface area (Å²) in [6.07, 6.45) is -7.52. The number of benzene rings is 2. The Bertz CT molecular complexity index is 921. The molecule has 1 aliphatic rings. The largest absolute Gasteiger partial charge is 0.508 e. The van der Waals surface area contributed by atoms with Crippen LogP contribution < -0.4 is 10.1 Å². The van der Waals surface area contributed by atoms with Crippen molar-refractivity contribution in [2.45, 2.75) is 62.6 Å². The predicted octanol–water partition coefficient (Wildman–Crippen LogP) is 0.307. The second-order valence-corrected chi connectivity index (χ2v) is 8.45. The van der Waals surface area contributed by atoms with Crippen molar-refractivity contribution < 1.29 is 44.9 Å². The number of aryl methyl sites for hydroxylation is 1. The lowest BCUT2D eigenvalue weighted by molar-refractivity contribution is -0.271. The fourth-order valence-electron chi connectivity index (χ4n) is 3.63. The van der Waals surface area contributed by atoms with Gasteiger partial charge in [-0.2, -0.15) is 0 Å². The van der Waals surface area contributed by atoms with E-state index >= 15 is 0 Å². The number of aliphatic hydroxyl groups is 4. The highest BCUT2D eigenvalue weighted by atomic mass is 16.7. The van der Waals surface area contributed by atoms with Gasteiger partial charge in [-0.1, -0.05) is 24.3 Å². The van der Waals surface area contributed by atoms with Gasteiger partial charge in [-0.05, 0) is 55.2 Å². The topological polar surface area (TPSA) is 169 Å². The highest BCUT2D eigenvalue weighted by Crippen LogP contribution is 2.25. The number of hydrogen-bond donors (Lipinski definition) is 7. The molecule has 0 amide bonds. The number of phenols is 1. The van der Waals surface area contributed by atoms with Crippen molar-refractivity contribution in [3.05, 3.63) is 59.7 Å². The number of aromatic hydroxyl groups is 1. The molecule has 2 aromatic carbocycles. The Morgan fingerprint density at radius 2 is 1.68 bits per heavy atom. The molecule has 7 atom stereocenters. The number of carboxylic acids is 1. The van der Waals surface area contributed by atoms with Crippen LogP contribution in [0.2, 0.25) is 0 Å². The molecule has 0 spiro atoms. The number of ether oxygens (including phenoxy) is 2. The SMILES string of the molecule is C[C@H](CCc1ccc(O)cc1)NC[C@H](O)c1ccc(O[C@@H]2O[C@H](C(=O)O)[C@@H](O)[C@H](O)[C@H]2O)cc1. The van der Waals surface area contributed by atoms with Crippen molar-refractivity contribution in [1.82, 2.24) is 5.32 Å². The van der Waals surface area contributed by atoms with Crippen molar-refractivity contribution >= 4 is 5.97 Å². The number of phenolic OH excluding ortho intramolecular Hbond substituents is 1. The molecule has 7 N–H and O–H groups in total. The Labute approximate surface area is 197 Å². The van der Waals surface area contributed by atoms with Crippen LogP contribution >= 0.6 is 0 Å². The maximum absolute atomic E-state index is 11.2. The van der Waals surface area contributed by atoms with Gasteiger partial charge in [0, 0.05) is 12.6 Å². The van der Waals surface area contributed by atoms with Crippen molar-refractivity contribution in [2.24, 2.45) is 0 Å². The Morgan fingerprint density at radius 1 is 1.03 bits per heavy atom. The van der Waals surface area contributed by atoms with Crippen LogP contribution in [0.4, 0.5) is 0 Å². The second-order valence-electron chi connectivity index (χ2n) is 8.45. The predicted molar refractivity (Wildman–Crippen MR) is 120 cm³/mol. The number of carboxylic acid groups (broad SMARTS) is 1. The normalized spacial score (nSPS) is 26.6. The lowest BCUT2D eigenvalue weighted by Gasteiger charge is -2.38. The van der Waals surface area contributed by atoms with E-state index in [4.69, 9.17) is 14.6 Å². The number of rotatable bonds is 10. The first-order valence-electron chi connectivity index (χ1n) is 11.0. The minimum Gasteiger partial charge on any atom is -0.508 e. The van der Waals surface area contributed by atoms with Crippen LogP contribution in [0.25, 0.3) is 0 Å². The van der Waals surface area contributed by atoms with E-state index in [1.54, 1.807) is 24.3 Å². The van der Waals surface area contributed by atoms with E-state index in [0.717, 1.165) is 18.4 Å². The average molecular weight is 478 g/mol. The summed E-state index contributed by atoms with van der Waals surface area (Å²) >= 11 is 0. The first kappa shape index (κ1) is 25.9. The quantitative estimate of drug-likeness (QED) is 0.253. The summed E-state index contributed by atoms with van der Waals surface area (Å²) in [7, 11) is 0. The minimum atomic E-state index is -1.79. The van der Waals surface area contributed by atoms with E-state index < -0.39 is 42.8 Å². The first-order chi connectivity index (χ1) is 16.2. The van der Waals surface area contributed by atoms with Gasteiger partial charge in [0.25, 0.3) is 0 Å². The fraction of sp³-hybridized carbons (Fsp3) is 0.458. The number of nitrogens with one attached hydrogen (secondary N) is 1. The number of aliphatic carboxylic acids is 1. The number of carbonyl (C=O) groups is 1. The molecule has 34 heavy (non-hydrogen) atoms. The van der Waals surface area contributed by atoms with Gasteiger partial charge >= 0.3 is 5.97 Å². The third-order valence-electron chi connectivity index (χ3n) is 5.79. The lowest BCUT2D eigenvalue weighted by Crippen LogP contribution is -2.61. The maximum Gasteiger partial charge on any atom is 0.335 e. The third kappa shape index (κ3) is 6.66. The molecule has 0 aliphatic carbocycles. The molecular weight excluding hydrogens is 446 g/mol. The zero-order valence-corrected chi connectivity index (χ0v) is 18.7. The Hall–Kier alpha value is -2.73. The van der Waals surface area contributed by atoms with E-state index in [2.05, 4.69) is 5.32 Å². The lowest BCUT2D eigenvalue weighted by atomic mass is 9.99. The van der Waals surface area contributed by atoms with E-state index in [-0.39, 0.29) is 17.5 Å². The van der Waals surface area contributed by atoms with Gasteiger partial charge in [0.1, 0.15) is 29.8 Å². The number of aliphatic hydroxyl groups excluding tert-OH is 4. The molecule has 10 heteroatoms. The zero-order chi connectivity index (χ0) is 24.8. The van der Waals surface area contributed by atoms with Crippen LogP contribution in [0.3, 0.4) is 0 Å². The molecule has 1 saturated heterocycles. The van der Waals surface area contributed by atoms with Gasteiger partial charge in [-0.25, -0.2) is 4.79 Å². The van der Waals surface area contributed by atoms with Crippen molar-refractivity contribution in [3.63, 3.8) is 0 Å². The van der Waals surface area contributed by atoms with Gasteiger partial charge in [-0.3, -0.25) is 0 Å². The van der Waals surface area contributed by atoms with Crippen LogP contribution in [-0.2, 0) is 16.0 Å². The van der Waals surface area contributed by atoms with E-state index in [1.807, 2.05) is 19.1 Å². The zero-order valence-electron chi connectivity index (χ0n) is 18.7. The van der Waals surface area contributed by atoms with E-state index in [0.29, 0.717) is 12.1 Å². The second kappa shape index (κ2) is 11.6. The molecule has 2 aromatic rings. The van der Waals surface area contributed by atoms with Gasteiger partial charge in [0.05, 0.1) is 6.10 Å². The third-order valence-corrected chi connectivity index (χ3v) is 5.79. The summed E-state index contributed by atoms with van der Waals surface area (Å²) in [5.41, 5.74) is 1.74. The Morgan fingerprint density at radius 3 is 2.29 bits per heavy atom. The smallest absolute Gasteiger partial charge is 0.335 e. The molecule has 10 nitrogen and oxygen atoms in total. The monoisotopic (exact) mass is 477 g/mol. The molecule has 1 fully saturated rings. The molecule has 0 unspecified atom stereocenters. The van der Waals surface area contributed by atoms with Crippen LogP contribution in [0.1, 0.15) is 30.6 Å². The Kier molecular flexibility index (Phi) is 8.84. The summed E-state index contributed by atoms with van der Waals surface area (Å²) in [5.74, 6) is -1.03. The molecular formula is C24H31NO9. The van der Waals surface area contributed by atoms with Crippen LogP contribution in [0, 0.1) is 0 Å². The molecule has 0 saturated carbocycles. The highest BCUT2D eigenvalue weighted by Gasteiger charge is 2.48. The Balaban J connectivity index is 1.48. The minimum absolute atomic E-state index is 0.153. The summed E-state index contributed by atoms with van der Waals surface area (Å²) in [6, 6.07) is 13.5. The average Bonchev–Trinajstić information content (AvgIpc) is 2.82. The van der Waals surface area contributed by atoms with Crippen molar-refractivity contribution in [3.8, 4) is 11.5 Å². The highest BCUT2D eigenvalue weighted by molar-refractivity contribution is 5.73. The van der Waals surface area contributed by atoms with Crippen molar-refractivity contribution in [1.29, 1.82) is 0 Å². The standard InChI is InChI=1S/C24H31NO9/c1-13(2-3-14-4-8-16(26)9-5-14)25-12-18(27)15-6-10-17(11-7-15)33-24-21(30)19(28)20(29)22(34-24)23(31)32/h4-11,13,18-22,24-30H,2-3,12H2,1H3,(H,31,32)/t13-,18+,19+,20+,21-,22+,24-/m1/s1. The van der Waals surface area contributed by atoms with Gasteiger partial charge in [0.2, 0.25) is 6.29 Å². The van der Waals surface area contributed by atoms with Crippen LogP contribution in [-0.4, -0.2) is 79.9 Å². The molecule has 0 bridgehead atoms. The van der Waals surface area contributed by atoms with E-state index in [1.165, 1.54) is 12.1 Å². The molecule has 0 aromatic heterocycles. The fourth-order valence-corrected chi connectivity index (χ4v) is 3.63. The van der Waals surface area contributed by atoms with Gasteiger partial charge in [0.15, 0.2) is 6.10 Å². The maximum atomic E-state index is 11.2. The van der Waals surface area contributed by atoms with Gasteiger partial charge in [-0.15, -0.1) is 0 Å². The molecule has 1 heterocycles. The molecule has 0 radical (unpaired) electrons. The van der Waals surface area contributed by atoms with Crippen LogP contribution in [0.5, 0.6) is 11.5 Å². The molecule has 3 rings (SSSR count). The summed E-state index contributed by atoms with van der Waals surface area (Å²) in [6.45, 7) is 2.35. The summed E-state index contributed by atoms with van der Waals surface area (Å²) < 4.78 is 10.6. The molecule has 186 valence electrons. The summed E-state index contributed by atoms with van der Waals surface area (Å²) in [4.78, 5) is 11.2. The number of hydrogen-bond acceptors (Lipinski definition) is 9. The van der Waals surface area contributed by atoms with Crippen LogP contribution in [0.15, 0.2) is 48.5 Å². The van der Waals surface area contributed by atoms with Crippen molar-refractivity contribution in [2.75, 3.05) is 6.54 Å². The van der Waals surface area contributed by atoms with E-state index in [9.17, 15) is 30.3 Å². The van der Waals surface area contributed by atoms with Gasteiger partial charge < -0.3 is 45.4 Å². The first-order valence-corrected chi connectivity index (χ1v) is 11.0. The molecule has 1 aliphatic heterocycles.